The number of nitrogens with one attached hydrogen (secondary N) is 1. The number of aryl methyl sites for hydroxylation is 1. The predicted octanol–water partition coefficient (Wildman–Crippen LogP) is 6.68. The van der Waals surface area contributed by atoms with Crippen LogP contribution >= 0.6 is 0 Å². The molecule has 0 aromatic heterocycles. The first kappa shape index (κ1) is 40.4. The number of piperazine rings is 1. The Morgan fingerprint density at radius 3 is 2.37 bits per heavy atom. The molecule has 9 nitrogen and oxygen atoms in total. The molecule has 57 heavy (non-hydrogen) atoms. The van der Waals surface area contributed by atoms with Crippen LogP contribution < -0.4 is 15.1 Å². The molecule has 8 rings (SSSR count). The number of nitriles is 1. The monoisotopic (exact) mass is 772 g/mol. The van der Waals surface area contributed by atoms with E-state index in [2.05, 4.69) is 69.2 Å². The van der Waals surface area contributed by atoms with Gasteiger partial charge in [0.25, 0.3) is 5.91 Å². The Kier molecular flexibility index (Phi) is 12.9. The Morgan fingerprint density at radius 1 is 0.930 bits per heavy atom. The second-order valence-electron chi connectivity index (χ2n) is 16.2. The Morgan fingerprint density at radius 2 is 1.67 bits per heavy atom. The van der Waals surface area contributed by atoms with Crippen molar-refractivity contribution in [3.8, 4) is 6.07 Å². The number of amides is 1. The van der Waals surface area contributed by atoms with Crippen molar-refractivity contribution in [3.63, 3.8) is 0 Å². The zero-order chi connectivity index (χ0) is 39.9. The Hall–Kier alpha value is -4.79. The lowest BCUT2D eigenvalue weighted by Crippen LogP contribution is -2.45. The van der Waals surface area contributed by atoms with Gasteiger partial charge in [0.2, 0.25) is 0 Å². The van der Waals surface area contributed by atoms with Crippen LogP contribution in [0.2, 0.25) is 0 Å². The molecule has 1 amide bonds. The number of halogens is 1. The highest BCUT2D eigenvalue weighted by molar-refractivity contribution is 5.94. The number of rotatable bonds is 9. The zero-order valence-electron chi connectivity index (χ0n) is 34.0. The Bertz CT molecular complexity index is 2030. The van der Waals surface area contributed by atoms with E-state index < -0.39 is 5.60 Å². The highest BCUT2D eigenvalue weighted by Crippen LogP contribution is 2.45. The Balaban J connectivity index is 0.000000183. The van der Waals surface area contributed by atoms with Gasteiger partial charge in [0.05, 0.1) is 31.5 Å². The first-order chi connectivity index (χ1) is 27.6. The third kappa shape index (κ3) is 9.34. The number of carbonyl (C=O) groups excluding carboxylic acids is 1. The van der Waals surface area contributed by atoms with Crippen LogP contribution in [-0.4, -0.2) is 102 Å². The normalized spacial score (nSPS) is 20.6. The lowest BCUT2D eigenvalue weighted by atomic mass is 9.81. The molecule has 0 radical (unpaired) electrons. The van der Waals surface area contributed by atoms with Crippen LogP contribution in [0.25, 0.3) is 0 Å². The van der Waals surface area contributed by atoms with Gasteiger partial charge in [0.1, 0.15) is 11.4 Å². The summed E-state index contributed by atoms with van der Waals surface area (Å²) < 4.78 is 25.1. The number of carbonyl (C=O) groups is 1. The van der Waals surface area contributed by atoms with Gasteiger partial charge in [-0.05, 0) is 155 Å². The maximum absolute atomic E-state index is 13.4. The molecule has 4 aromatic carbocycles. The molecule has 0 bridgehead atoms. The largest absolute Gasteiger partial charge is 0.378 e. The van der Waals surface area contributed by atoms with Crippen LogP contribution in [-0.2, 0) is 34.5 Å². The number of fused-ring (bicyclic) bond motifs is 2. The number of ether oxygens (including phenoxy) is 2. The van der Waals surface area contributed by atoms with E-state index in [-0.39, 0.29) is 17.8 Å². The summed E-state index contributed by atoms with van der Waals surface area (Å²) in [6.45, 7) is 11.3. The molecule has 1 unspecified atom stereocenters. The van der Waals surface area contributed by atoms with Crippen molar-refractivity contribution in [2.75, 3.05) is 90.0 Å². The minimum atomic E-state index is -0.562. The standard InChI is InChI=1S/C27H36N4O2.C20H21FN2O/c1-20-3-10-26(31-13-11-29(2)12-14-31)25-19-22(6-9-24(20)25)28-27(32)21-4-7-23(8-5-21)30-15-17-33-18-16-30;1-23(2)11-3-10-20(17-5-7-18(21)8-6-17)19-9-4-15(13-22)12-16(19)14-24-20/h3-5,7-8,10,22H,6,9,11-19H2,1-2H3,(H,28,32);4-9,12H,3,10-11,14H2,1-2H3/t22-;/m1./s1. The number of morpholine rings is 1. The van der Waals surface area contributed by atoms with Gasteiger partial charge in [-0.2, -0.15) is 5.26 Å². The molecule has 1 N–H and O–H groups in total. The summed E-state index contributed by atoms with van der Waals surface area (Å²) in [7, 11) is 6.29. The molecule has 10 heteroatoms. The van der Waals surface area contributed by atoms with Gasteiger partial charge in [0, 0.05) is 62.2 Å². The molecular weight excluding hydrogens is 716 g/mol. The van der Waals surface area contributed by atoms with Gasteiger partial charge in [-0.25, -0.2) is 4.39 Å². The van der Waals surface area contributed by atoms with Gasteiger partial charge in [0.15, 0.2) is 0 Å². The van der Waals surface area contributed by atoms with Crippen molar-refractivity contribution in [1.82, 2.24) is 15.1 Å². The molecule has 2 atom stereocenters. The van der Waals surface area contributed by atoms with Crippen molar-refractivity contribution in [3.05, 3.63) is 129 Å². The smallest absolute Gasteiger partial charge is 0.251 e. The average Bonchev–Trinajstić information content (AvgIpc) is 3.60. The van der Waals surface area contributed by atoms with Crippen LogP contribution in [0.5, 0.6) is 0 Å². The molecule has 300 valence electrons. The zero-order valence-corrected chi connectivity index (χ0v) is 34.0. The van der Waals surface area contributed by atoms with E-state index in [4.69, 9.17) is 14.7 Å². The molecule has 4 aliphatic rings. The van der Waals surface area contributed by atoms with Gasteiger partial charge in [-0.3, -0.25) is 4.79 Å². The van der Waals surface area contributed by atoms with Crippen LogP contribution in [0.15, 0.2) is 78.9 Å². The third-order valence-electron chi connectivity index (χ3n) is 12.1. The van der Waals surface area contributed by atoms with E-state index >= 15 is 0 Å². The minimum Gasteiger partial charge on any atom is -0.378 e. The highest BCUT2D eigenvalue weighted by Gasteiger charge is 2.41. The van der Waals surface area contributed by atoms with E-state index in [1.807, 2.05) is 44.4 Å². The number of hydrogen-bond donors (Lipinski definition) is 1. The van der Waals surface area contributed by atoms with Crippen LogP contribution in [0.1, 0.15) is 68.6 Å². The summed E-state index contributed by atoms with van der Waals surface area (Å²) in [5.41, 5.74) is 10.8. The first-order valence-corrected chi connectivity index (χ1v) is 20.5. The molecule has 3 aliphatic heterocycles. The van der Waals surface area contributed by atoms with Crippen LogP contribution in [0, 0.1) is 24.1 Å². The average molecular weight is 773 g/mol. The quantitative estimate of drug-likeness (QED) is 0.202. The summed E-state index contributed by atoms with van der Waals surface area (Å²) in [4.78, 5) is 22.4. The van der Waals surface area contributed by atoms with E-state index in [1.54, 1.807) is 12.1 Å². The molecule has 4 aromatic rings. The molecule has 0 spiro atoms. The van der Waals surface area contributed by atoms with Crippen molar-refractivity contribution in [2.24, 2.45) is 0 Å². The van der Waals surface area contributed by atoms with Crippen LogP contribution in [0.4, 0.5) is 15.8 Å². The third-order valence-corrected chi connectivity index (χ3v) is 12.1. The first-order valence-electron chi connectivity index (χ1n) is 20.5. The van der Waals surface area contributed by atoms with E-state index in [9.17, 15) is 9.18 Å². The van der Waals surface area contributed by atoms with E-state index in [0.29, 0.717) is 12.2 Å². The maximum Gasteiger partial charge on any atom is 0.251 e. The lowest BCUT2D eigenvalue weighted by molar-refractivity contribution is -0.0140. The van der Waals surface area contributed by atoms with Crippen molar-refractivity contribution >= 4 is 17.3 Å². The Labute approximate surface area is 338 Å². The summed E-state index contributed by atoms with van der Waals surface area (Å²) >= 11 is 0. The fourth-order valence-corrected chi connectivity index (χ4v) is 8.83. The SMILES string of the molecule is CN(C)CCCC1(c2ccc(F)cc2)OCc2cc(C#N)ccc21.Cc1ccc(N2CCN(C)CC2)c2c1CC[C@@H](NC(=O)c1ccc(N3CCOCC3)cc1)C2. The van der Waals surface area contributed by atoms with Gasteiger partial charge in [-0.15, -0.1) is 0 Å². The number of anilines is 2. The fourth-order valence-electron chi connectivity index (χ4n) is 8.83. The molecular formula is C47H57FN6O3. The second kappa shape index (κ2) is 18.2. The van der Waals surface area contributed by atoms with Crippen molar-refractivity contribution in [2.45, 2.75) is 57.3 Å². The van der Waals surface area contributed by atoms with Gasteiger partial charge < -0.3 is 34.4 Å². The van der Waals surface area contributed by atoms with Gasteiger partial charge in [-0.1, -0.05) is 24.3 Å². The summed E-state index contributed by atoms with van der Waals surface area (Å²) in [5.74, 6) is -0.217. The van der Waals surface area contributed by atoms with Gasteiger partial charge >= 0.3 is 0 Å². The topological polar surface area (TPSA) is 84.3 Å². The highest BCUT2D eigenvalue weighted by atomic mass is 19.1. The summed E-state index contributed by atoms with van der Waals surface area (Å²) in [6, 6.07) is 27.2. The van der Waals surface area contributed by atoms with E-state index in [1.165, 1.54) is 34.5 Å². The second-order valence-corrected chi connectivity index (χ2v) is 16.2. The maximum atomic E-state index is 13.4. The van der Waals surface area contributed by atoms with Crippen molar-refractivity contribution in [1.29, 1.82) is 5.26 Å². The summed E-state index contributed by atoms with van der Waals surface area (Å²) in [6.07, 6.45) is 4.72. The predicted molar refractivity (Wildman–Crippen MR) is 225 cm³/mol. The van der Waals surface area contributed by atoms with Crippen LogP contribution in [0.3, 0.4) is 0 Å². The van der Waals surface area contributed by atoms with E-state index in [0.717, 1.165) is 119 Å². The number of likely N-dealkylation sites (N-methyl/N-ethyl adjacent to an activating group) is 1. The van der Waals surface area contributed by atoms with Crippen molar-refractivity contribution < 1.29 is 18.7 Å². The number of benzene rings is 4. The molecule has 2 fully saturated rings. The molecule has 0 saturated carbocycles. The lowest BCUT2D eigenvalue weighted by Gasteiger charge is -2.37. The number of hydrogen-bond acceptors (Lipinski definition) is 8. The fraction of sp³-hybridized carbons (Fsp3) is 0.447. The molecule has 2 saturated heterocycles. The summed E-state index contributed by atoms with van der Waals surface area (Å²) in [5, 5.41) is 12.4. The molecule has 3 heterocycles. The minimum absolute atomic E-state index is 0.0331. The molecule has 1 aliphatic carbocycles. The number of nitrogens with zero attached hydrogens (tertiary/aromatic N) is 5.